The molecule has 0 spiro atoms. The Morgan fingerprint density at radius 1 is 1.48 bits per heavy atom. The summed E-state index contributed by atoms with van der Waals surface area (Å²) in [5.74, 6) is 0.556. The van der Waals surface area contributed by atoms with Gasteiger partial charge in [0.25, 0.3) is 0 Å². The molecule has 1 saturated heterocycles. The molecule has 0 aliphatic carbocycles. The number of rotatable bonds is 4. The molecule has 0 saturated carbocycles. The van der Waals surface area contributed by atoms with Crippen LogP contribution in [0.25, 0.3) is 0 Å². The van der Waals surface area contributed by atoms with Crippen molar-refractivity contribution in [2.24, 2.45) is 7.05 Å². The van der Waals surface area contributed by atoms with Crippen LogP contribution in [0.1, 0.15) is 6.42 Å². The topological polar surface area (TPSA) is 69.4 Å². The van der Waals surface area contributed by atoms with E-state index >= 15 is 0 Å². The van der Waals surface area contributed by atoms with Gasteiger partial charge in [0.1, 0.15) is 24.7 Å². The smallest absolute Gasteiger partial charge is 0.345 e. The second-order valence-electron chi connectivity index (χ2n) is 5.51. The maximum atomic E-state index is 12.3. The summed E-state index contributed by atoms with van der Waals surface area (Å²) >= 11 is 5.93. The number of ether oxygens (including phenoxy) is 1. The fourth-order valence-corrected chi connectivity index (χ4v) is 2.72. The summed E-state index contributed by atoms with van der Waals surface area (Å²) in [5, 5.41) is 4.51. The highest BCUT2D eigenvalue weighted by Gasteiger charge is 2.28. The first-order chi connectivity index (χ1) is 11.0. The van der Waals surface area contributed by atoms with Crippen molar-refractivity contribution in [1.82, 2.24) is 19.2 Å². The number of benzene rings is 1. The van der Waals surface area contributed by atoms with Crippen LogP contribution in [0.2, 0.25) is 5.02 Å². The molecule has 1 fully saturated rings. The van der Waals surface area contributed by atoms with Gasteiger partial charge in [-0.05, 0) is 18.2 Å². The lowest BCUT2D eigenvalue weighted by atomic mass is 10.3. The summed E-state index contributed by atoms with van der Waals surface area (Å²) in [6.07, 6.45) is 2.07. The van der Waals surface area contributed by atoms with Crippen molar-refractivity contribution in [3.8, 4) is 5.75 Å². The number of likely N-dealkylation sites (tertiary alicyclic amines) is 1. The van der Waals surface area contributed by atoms with Crippen LogP contribution in [0, 0.1) is 0 Å². The maximum Gasteiger partial charge on any atom is 0.345 e. The maximum absolute atomic E-state index is 12.3. The number of aromatic nitrogens is 3. The highest BCUT2D eigenvalue weighted by atomic mass is 35.5. The zero-order valence-corrected chi connectivity index (χ0v) is 13.4. The van der Waals surface area contributed by atoms with Gasteiger partial charge in [0.2, 0.25) is 5.91 Å². The molecule has 3 rings (SSSR count). The molecule has 0 bridgehead atoms. The molecule has 23 heavy (non-hydrogen) atoms. The summed E-state index contributed by atoms with van der Waals surface area (Å²) < 4.78 is 8.34. The Balaban J connectivity index is 1.58. The van der Waals surface area contributed by atoms with Crippen LogP contribution in [-0.2, 0) is 18.4 Å². The van der Waals surface area contributed by atoms with Crippen LogP contribution in [0.3, 0.4) is 0 Å². The van der Waals surface area contributed by atoms with Gasteiger partial charge in [-0.15, -0.1) is 0 Å². The molecule has 1 aromatic carbocycles. The number of carbonyl (C=O) groups is 1. The van der Waals surface area contributed by atoms with E-state index in [1.165, 1.54) is 10.9 Å². The predicted molar refractivity (Wildman–Crippen MR) is 84.5 cm³/mol. The number of amides is 1. The summed E-state index contributed by atoms with van der Waals surface area (Å²) in [6.45, 7) is 1.04. The van der Waals surface area contributed by atoms with E-state index in [0.29, 0.717) is 23.9 Å². The van der Waals surface area contributed by atoms with E-state index in [-0.39, 0.29) is 24.2 Å². The molecular weight excluding hydrogens is 320 g/mol. The Kier molecular flexibility index (Phi) is 4.38. The summed E-state index contributed by atoms with van der Waals surface area (Å²) in [5.41, 5.74) is -0.302. The fraction of sp³-hybridized carbons (Fsp3) is 0.400. The number of halogens is 1. The lowest BCUT2D eigenvalue weighted by Crippen LogP contribution is -2.36. The SMILES string of the molecule is Cn1cnn(CC(=O)N2CCC(Oc3cccc(Cl)c3)C2)c1=O. The molecule has 122 valence electrons. The fourth-order valence-electron chi connectivity index (χ4n) is 2.54. The van der Waals surface area contributed by atoms with Crippen molar-refractivity contribution in [2.45, 2.75) is 19.1 Å². The van der Waals surface area contributed by atoms with Crippen LogP contribution in [0.15, 0.2) is 35.4 Å². The van der Waals surface area contributed by atoms with Crippen LogP contribution >= 0.6 is 11.6 Å². The number of nitrogens with zero attached hydrogens (tertiary/aromatic N) is 4. The van der Waals surface area contributed by atoms with E-state index in [1.807, 2.05) is 12.1 Å². The molecular formula is C15H17ClN4O3. The van der Waals surface area contributed by atoms with Crippen LogP contribution in [0.4, 0.5) is 0 Å². The molecule has 1 amide bonds. The molecule has 1 aliphatic heterocycles. The minimum absolute atomic E-state index is 0.0520. The van der Waals surface area contributed by atoms with Gasteiger partial charge in [0.15, 0.2) is 0 Å². The highest BCUT2D eigenvalue weighted by Crippen LogP contribution is 2.21. The monoisotopic (exact) mass is 336 g/mol. The van der Waals surface area contributed by atoms with Crippen molar-refractivity contribution in [3.63, 3.8) is 0 Å². The average molecular weight is 337 g/mol. The van der Waals surface area contributed by atoms with Gasteiger partial charge in [-0.1, -0.05) is 17.7 Å². The van der Waals surface area contributed by atoms with Crippen molar-refractivity contribution >= 4 is 17.5 Å². The minimum atomic E-state index is -0.302. The van der Waals surface area contributed by atoms with Crippen molar-refractivity contribution < 1.29 is 9.53 Å². The Hall–Kier alpha value is -2.28. The normalized spacial score (nSPS) is 17.5. The molecule has 2 heterocycles. The van der Waals surface area contributed by atoms with Crippen LogP contribution in [0.5, 0.6) is 5.75 Å². The number of aryl methyl sites for hydroxylation is 1. The Labute approximate surface area is 138 Å². The second kappa shape index (κ2) is 6.45. The van der Waals surface area contributed by atoms with Crippen LogP contribution in [-0.4, -0.2) is 44.3 Å². The molecule has 8 heteroatoms. The summed E-state index contributed by atoms with van der Waals surface area (Å²) in [4.78, 5) is 25.7. The van der Waals surface area contributed by atoms with E-state index in [4.69, 9.17) is 16.3 Å². The first-order valence-electron chi connectivity index (χ1n) is 7.31. The van der Waals surface area contributed by atoms with Gasteiger partial charge in [-0.25, -0.2) is 9.48 Å². The zero-order chi connectivity index (χ0) is 16.4. The van der Waals surface area contributed by atoms with Gasteiger partial charge in [-0.3, -0.25) is 9.36 Å². The molecule has 7 nitrogen and oxygen atoms in total. The third-order valence-electron chi connectivity index (χ3n) is 3.77. The van der Waals surface area contributed by atoms with Crippen LogP contribution < -0.4 is 10.4 Å². The van der Waals surface area contributed by atoms with Gasteiger partial charge >= 0.3 is 5.69 Å². The van der Waals surface area contributed by atoms with Crippen molar-refractivity contribution in [3.05, 3.63) is 46.1 Å². The first-order valence-corrected chi connectivity index (χ1v) is 7.69. The molecule has 1 aromatic heterocycles. The minimum Gasteiger partial charge on any atom is -0.488 e. The Bertz CT molecular complexity index is 770. The summed E-state index contributed by atoms with van der Waals surface area (Å²) in [7, 11) is 1.60. The quantitative estimate of drug-likeness (QED) is 0.832. The number of hydrogen-bond donors (Lipinski definition) is 0. The Morgan fingerprint density at radius 2 is 2.30 bits per heavy atom. The Morgan fingerprint density at radius 3 is 3.00 bits per heavy atom. The zero-order valence-electron chi connectivity index (χ0n) is 12.7. The lowest BCUT2D eigenvalue weighted by Gasteiger charge is -2.17. The third-order valence-corrected chi connectivity index (χ3v) is 4.00. The molecule has 1 unspecified atom stereocenters. The van der Waals surface area contributed by atoms with Gasteiger partial charge in [0.05, 0.1) is 6.54 Å². The summed E-state index contributed by atoms with van der Waals surface area (Å²) in [6, 6.07) is 7.19. The number of carbonyl (C=O) groups excluding carboxylic acids is 1. The standard InChI is InChI=1S/C15H17ClN4O3/c1-18-10-17-20(15(18)22)9-14(21)19-6-5-13(8-19)23-12-4-2-3-11(16)7-12/h2-4,7,10,13H,5-6,8-9H2,1H3. The second-order valence-corrected chi connectivity index (χ2v) is 5.94. The molecule has 1 aliphatic rings. The molecule has 1 atom stereocenters. The molecule has 0 radical (unpaired) electrons. The van der Waals surface area contributed by atoms with Gasteiger partial charge in [0, 0.05) is 25.0 Å². The van der Waals surface area contributed by atoms with Gasteiger partial charge < -0.3 is 9.64 Å². The lowest BCUT2D eigenvalue weighted by molar-refractivity contribution is -0.131. The molecule has 2 aromatic rings. The average Bonchev–Trinajstić information content (AvgIpc) is 3.09. The predicted octanol–water partition coefficient (Wildman–Crippen LogP) is 0.915. The van der Waals surface area contributed by atoms with Crippen molar-refractivity contribution in [2.75, 3.05) is 13.1 Å². The number of hydrogen-bond acceptors (Lipinski definition) is 4. The van der Waals surface area contributed by atoms with Crippen molar-refractivity contribution in [1.29, 1.82) is 0 Å². The third kappa shape index (κ3) is 3.56. The van der Waals surface area contributed by atoms with E-state index in [9.17, 15) is 9.59 Å². The molecule has 0 N–H and O–H groups in total. The van der Waals surface area contributed by atoms with E-state index in [0.717, 1.165) is 11.1 Å². The largest absolute Gasteiger partial charge is 0.488 e. The van der Waals surface area contributed by atoms with E-state index < -0.39 is 0 Å². The highest BCUT2D eigenvalue weighted by molar-refractivity contribution is 6.30. The van der Waals surface area contributed by atoms with Gasteiger partial charge in [-0.2, -0.15) is 5.10 Å². The van der Waals surface area contributed by atoms with E-state index in [1.54, 1.807) is 24.1 Å². The van der Waals surface area contributed by atoms with E-state index in [2.05, 4.69) is 5.10 Å². The first kappa shape index (κ1) is 15.6.